The van der Waals surface area contributed by atoms with Crippen LogP contribution in [0, 0.1) is 5.92 Å². The minimum absolute atomic E-state index is 0.0461. The summed E-state index contributed by atoms with van der Waals surface area (Å²) in [6.45, 7) is 8.86. The maximum atomic E-state index is 13.4. The molecule has 1 N–H and O–H groups in total. The minimum atomic E-state index is -0.741. The minimum Gasteiger partial charge on any atom is -0.489 e. The van der Waals surface area contributed by atoms with Crippen molar-refractivity contribution in [1.82, 2.24) is 4.98 Å². The molecule has 0 bridgehead atoms. The number of fused-ring (bicyclic) bond motifs is 1. The average Bonchev–Trinajstić information content (AvgIpc) is 2.68. The van der Waals surface area contributed by atoms with Gasteiger partial charge in [0.2, 0.25) is 0 Å². The molecule has 1 amide bonds. The highest BCUT2D eigenvalue weighted by Crippen LogP contribution is 2.37. The molecule has 2 aromatic rings. The zero-order valence-corrected chi connectivity index (χ0v) is 17.5. The molecule has 1 aromatic carbocycles. The monoisotopic (exact) mass is 384 g/mol. The summed E-state index contributed by atoms with van der Waals surface area (Å²) in [5.41, 5.74) is 0.770. The lowest BCUT2D eigenvalue weighted by Crippen LogP contribution is -2.48. The number of anilines is 1. The second-order valence-corrected chi connectivity index (χ2v) is 8.18. The molecule has 5 heteroatoms. The van der Waals surface area contributed by atoms with E-state index in [1.807, 2.05) is 38.1 Å². The lowest BCUT2D eigenvalue weighted by atomic mass is 9.78. The highest BCUT2D eigenvalue weighted by atomic mass is 16.5. The quantitative estimate of drug-likeness (QED) is 0.700. The Balaban J connectivity index is 1.91. The highest BCUT2D eigenvalue weighted by Gasteiger charge is 2.42. The van der Waals surface area contributed by atoms with Crippen molar-refractivity contribution in [1.29, 1.82) is 0 Å². The predicted molar refractivity (Wildman–Crippen MR) is 113 cm³/mol. The van der Waals surface area contributed by atoms with Crippen LogP contribution in [0.3, 0.4) is 0 Å². The summed E-state index contributed by atoms with van der Waals surface area (Å²) in [6, 6.07) is 7.63. The van der Waals surface area contributed by atoms with Crippen molar-refractivity contribution in [3.05, 3.63) is 30.5 Å². The fraction of sp³-hybridized carbons (Fsp3) is 0.565. The Bertz CT molecular complexity index is 821. The molecule has 1 aliphatic carbocycles. The second-order valence-electron chi connectivity index (χ2n) is 8.18. The summed E-state index contributed by atoms with van der Waals surface area (Å²) in [5.74, 6) is 1.17. The largest absolute Gasteiger partial charge is 0.489 e. The molecule has 3 rings (SSSR count). The van der Waals surface area contributed by atoms with Gasteiger partial charge >= 0.3 is 0 Å². The van der Waals surface area contributed by atoms with Crippen LogP contribution in [0.15, 0.2) is 30.5 Å². The Kier molecular flexibility index (Phi) is 6.55. The molecule has 5 nitrogen and oxygen atoms in total. The Morgan fingerprint density at radius 3 is 2.89 bits per heavy atom. The van der Waals surface area contributed by atoms with E-state index in [4.69, 9.17) is 9.47 Å². The molecule has 0 radical (unpaired) electrons. The van der Waals surface area contributed by atoms with Gasteiger partial charge in [0.25, 0.3) is 5.91 Å². The van der Waals surface area contributed by atoms with Gasteiger partial charge in [0.1, 0.15) is 16.9 Å². The van der Waals surface area contributed by atoms with Crippen molar-refractivity contribution in [2.75, 3.05) is 11.9 Å². The van der Waals surface area contributed by atoms with E-state index in [1.54, 1.807) is 6.20 Å². The molecule has 1 saturated carbocycles. The van der Waals surface area contributed by atoms with Crippen LogP contribution in [0.25, 0.3) is 10.9 Å². The highest BCUT2D eigenvalue weighted by molar-refractivity contribution is 6.05. The molecule has 0 unspecified atom stereocenters. The van der Waals surface area contributed by atoms with Crippen molar-refractivity contribution in [3.8, 4) is 5.75 Å². The van der Waals surface area contributed by atoms with Crippen molar-refractivity contribution < 1.29 is 14.3 Å². The number of aromatic nitrogens is 1. The third-order valence-corrected chi connectivity index (χ3v) is 5.30. The molecule has 0 aliphatic heterocycles. The summed E-state index contributed by atoms with van der Waals surface area (Å²) in [5, 5.41) is 4.02. The van der Waals surface area contributed by atoms with Crippen LogP contribution in [0.4, 0.5) is 5.69 Å². The third-order valence-electron chi connectivity index (χ3n) is 5.30. The molecular weight excluding hydrogens is 352 g/mol. The van der Waals surface area contributed by atoms with E-state index in [0.29, 0.717) is 12.5 Å². The number of nitrogens with one attached hydrogen (secondary N) is 1. The Hall–Kier alpha value is -2.14. The van der Waals surface area contributed by atoms with Gasteiger partial charge in [-0.3, -0.25) is 9.78 Å². The average molecular weight is 385 g/mol. The number of hydrogen-bond donors (Lipinski definition) is 1. The molecule has 0 saturated heterocycles. The molecular formula is C23H32N2O3. The summed E-state index contributed by atoms with van der Waals surface area (Å²) in [4.78, 5) is 17.8. The standard InChI is InChI=1S/C23H32N2O3/c1-5-14-27-23(12-6-8-17(4)15-23)22(26)25-19-10-11-20(28-16(2)3)21-18(19)9-7-13-24-21/h7,9-11,13,16-17H,5-6,8,12,14-15H2,1-4H3,(H,25,26)/t17-,23+/m0/s1. The van der Waals surface area contributed by atoms with Crippen LogP contribution in [0.2, 0.25) is 0 Å². The smallest absolute Gasteiger partial charge is 0.256 e. The Morgan fingerprint density at radius 2 is 2.18 bits per heavy atom. The number of pyridine rings is 1. The summed E-state index contributed by atoms with van der Waals surface area (Å²) >= 11 is 0. The SMILES string of the molecule is CCCO[C@]1(C(=O)Nc2ccc(OC(C)C)c3ncccc23)CCC[C@H](C)C1. The van der Waals surface area contributed by atoms with Crippen LogP contribution in [-0.2, 0) is 9.53 Å². The van der Waals surface area contributed by atoms with E-state index in [1.165, 1.54) is 0 Å². The Labute approximate surface area is 167 Å². The number of carbonyl (C=O) groups excluding carboxylic acids is 1. The first-order valence-corrected chi connectivity index (χ1v) is 10.4. The lowest BCUT2D eigenvalue weighted by molar-refractivity contribution is -0.148. The maximum absolute atomic E-state index is 13.4. The molecule has 1 heterocycles. The number of hydrogen-bond acceptors (Lipinski definition) is 4. The van der Waals surface area contributed by atoms with Gasteiger partial charge in [-0.05, 0) is 69.7 Å². The van der Waals surface area contributed by atoms with E-state index < -0.39 is 5.60 Å². The topological polar surface area (TPSA) is 60.5 Å². The van der Waals surface area contributed by atoms with Crippen LogP contribution >= 0.6 is 0 Å². The van der Waals surface area contributed by atoms with Crippen molar-refractivity contribution in [2.45, 2.75) is 71.5 Å². The van der Waals surface area contributed by atoms with Gasteiger partial charge in [0, 0.05) is 18.2 Å². The fourth-order valence-electron chi connectivity index (χ4n) is 4.04. The fourth-order valence-corrected chi connectivity index (χ4v) is 4.04. The van der Waals surface area contributed by atoms with E-state index in [-0.39, 0.29) is 12.0 Å². The predicted octanol–water partition coefficient (Wildman–Crippen LogP) is 5.34. The van der Waals surface area contributed by atoms with E-state index in [0.717, 1.165) is 54.4 Å². The summed E-state index contributed by atoms with van der Waals surface area (Å²) in [6.07, 6.45) is 6.41. The molecule has 1 aliphatic rings. The maximum Gasteiger partial charge on any atom is 0.256 e. The van der Waals surface area contributed by atoms with Crippen LogP contribution in [0.1, 0.15) is 59.8 Å². The number of nitrogens with zero attached hydrogens (tertiary/aromatic N) is 1. The molecule has 1 fully saturated rings. The van der Waals surface area contributed by atoms with Gasteiger partial charge in [0.15, 0.2) is 0 Å². The third kappa shape index (κ3) is 4.46. The van der Waals surface area contributed by atoms with E-state index in [2.05, 4.69) is 24.1 Å². The van der Waals surface area contributed by atoms with Crippen LogP contribution in [-0.4, -0.2) is 29.2 Å². The zero-order chi connectivity index (χ0) is 20.1. The summed E-state index contributed by atoms with van der Waals surface area (Å²) < 4.78 is 12.1. The van der Waals surface area contributed by atoms with E-state index in [9.17, 15) is 4.79 Å². The second kappa shape index (κ2) is 8.91. The number of rotatable bonds is 7. The van der Waals surface area contributed by atoms with Gasteiger partial charge in [-0.1, -0.05) is 20.3 Å². The van der Waals surface area contributed by atoms with E-state index >= 15 is 0 Å². The zero-order valence-electron chi connectivity index (χ0n) is 17.5. The molecule has 2 atom stereocenters. The van der Waals surface area contributed by atoms with Crippen LogP contribution < -0.4 is 10.1 Å². The lowest BCUT2D eigenvalue weighted by Gasteiger charge is -2.38. The van der Waals surface area contributed by atoms with Gasteiger partial charge in [-0.2, -0.15) is 0 Å². The first kappa shape index (κ1) is 20.6. The van der Waals surface area contributed by atoms with Crippen molar-refractivity contribution in [3.63, 3.8) is 0 Å². The van der Waals surface area contributed by atoms with Crippen molar-refractivity contribution in [2.24, 2.45) is 5.92 Å². The van der Waals surface area contributed by atoms with Gasteiger partial charge < -0.3 is 14.8 Å². The Morgan fingerprint density at radius 1 is 1.36 bits per heavy atom. The first-order chi connectivity index (χ1) is 13.4. The molecule has 0 spiro atoms. The number of carbonyl (C=O) groups is 1. The molecule has 1 aromatic heterocycles. The van der Waals surface area contributed by atoms with Gasteiger partial charge in [0.05, 0.1) is 11.8 Å². The van der Waals surface area contributed by atoms with Crippen molar-refractivity contribution >= 4 is 22.5 Å². The number of benzene rings is 1. The number of amides is 1. The first-order valence-electron chi connectivity index (χ1n) is 10.4. The normalized spacial score (nSPS) is 22.4. The van der Waals surface area contributed by atoms with Crippen LogP contribution in [0.5, 0.6) is 5.75 Å². The molecule has 28 heavy (non-hydrogen) atoms. The number of ether oxygens (including phenoxy) is 2. The molecule has 152 valence electrons. The summed E-state index contributed by atoms with van der Waals surface area (Å²) in [7, 11) is 0. The van der Waals surface area contributed by atoms with Gasteiger partial charge in [-0.15, -0.1) is 0 Å². The van der Waals surface area contributed by atoms with Gasteiger partial charge in [-0.25, -0.2) is 0 Å².